The Hall–Kier alpha value is -1.26. The van der Waals surface area contributed by atoms with E-state index in [9.17, 15) is 5.11 Å². The topological polar surface area (TPSA) is 47.9 Å². The average Bonchev–Trinajstić information content (AvgIpc) is 2.42. The van der Waals surface area contributed by atoms with Crippen molar-refractivity contribution in [1.82, 2.24) is 0 Å². The van der Waals surface area contributed by atoms with Gasteiger partial charge in [-0.25, -0.2) is 0 Å². The van der Waals surface area contributed by atoms with Crippen molar-refractivity contribution in [2.75, 3.05) is 33.0 Å². The predicted octanol–water partition coefficient (Wildman–Crippen LogP) is 1.74. The van der Waals surface area contributed by atoms with Gasteiger partial charge in [-0.15, -0.1) is 0 Å². The molecular formula is C15H20O4. The van der Waals surface area contributed by atoms with Gasteiger partial charge in [0.1, 0.15) is 13.2 Å². The van der Waals surface area contributed by atoms with Crippen LogP contribution < -0.4 is 9.47 Å². The molecule has 1 aromatic carbocycles. The Labute approximate surface area is 113 Å². The summed E-state index contributed by atoms with van der Waals surface area (Å²) in [5.41, 5.74) is 0.857. The van der Waals surface area contributed by atoms with Crippen molar-refractivity contribution in [3.8, 4) is 11.5 Å². The van der Waals surface area contributed by atoms with Crippen LogP contribution in [-0.4, -0.2) is 38.1 Å². The van der Waals surface area contributed by atoms with Crippen LogP contribution in [0.1, 0.15) is 18.9 Å². The fourth-order valence-corrected chi connectivity index (χ4v) is 2.73. The summed E-state index contributed by atoms with van der Waals surface area (Å²) < 4.78 is 16.4. The van der Waals surface area contributed by atoms with Crippen molar-refractivity contribution in [3.63, 3.8) is 0 Å². The molecule has 1 atom stereocenters. The summed E-state index contributed by atoms with van der Waals surface area (Å²) >= 11 is 0. The molecule has 1 aromatic rings. The zero-order valence-corrected chi connectivity index (χ0v) is 11.2. The van der Waals surface area contributed by atoms with E-state index in [1.165, 1.54) is 0 Å². The number of hydrogen-bond acceptors (Lipinski definition) is 4. The Morgan fingerprint density at radius 3 is 2.58 bits per heavy atom. The van der Waals surface area contributed by atoms with E-state index in [4.69, 9.17) is 14.2 Å². The zero-order valence-electron chi connectivity index (χ0n) is 11.2. The van der Waals surface area contributed by atoms with Gasteiger partial charge in [-0.05, 0) is 24.1 Å². The van der Waals surface area contributed by atoms with Crippen LogP contribution in [0.2, 0.25) is 0 Å². The van der Waals surface area contributed by atoms with E-state index < -0.39 is 0 Å². The maximum atomic E-state index is 9.80. The Morgan fingerprint density at radius 1 is 1.21 bits per heavy atom. The molecule has 4 nitrogen and oxygen atoms in total. The number of aliphatic hydroxyl groups excluding tert-OH is 1. The maximum absolute atomic E-state index is 9.80. The standard InChI is InChI=1S/C15H20O4/c1-15(10-16,7-11-8-17-9-11)12-2-3-13-14(6-12)19-5-4-18-13/h2-3,6,11,16H,4-5,7-10H2,1H3. The molecule has 0 radical (unpaired) electrons. The van der Waals surface area contributed by atoms with Gasteiger partial charge >= 0.3 is 0 Å². The van der Waals surface area contributed by atoms with Gasteiger partial charge in [-0.3, -0.25) is 0 Å². The summed E-state index contributed by atoms with van der Waals surface area (Å²) in [4.78, 5) is 0. The largest absolute Gasteiger partial charge is 0.486 e. The first kappa shape index (κ1) is 12.8. The third-order valence-electron chi connectivity index (χ3n) is 4.03. The van der Waals surface area contributed by atoms with Crippen LogP contribution in [0.5, 0.6) is 11.5 Å². The van der Waals surface area contributed by atoms with Gasteiger partial charge < -0.3 is 19.3 Å². The Balaban J connectivity index is 1.85. The Morgan fingerprint density at radius 2 is 1.95 bits per heavy atom. The van der Waals surface area contributed by atoms with Gasteiger partial charge in [-0.1, -0.05) is 13.0 Å². The summed E-state index contributed by atoms with van der Waals surface area (Å²) in [5, 5.41) is 9.80. The summed E-state index contributed by atoms with van der Waals surface area (Å²) in [6, 6.07) is 5.97. The summed E-state index contributed by atoms with van der Waals surface area (Å²) in [7, 11) is 0. The van der Waals surface area contributed by atoms with Crippen molar-refractivity contribution in [1.29, 1.82) is 0 Å². The summed E-state index contributed by atoms with van der Waals surface area (Å²) in [6.07, 6.45) is 0.934. The van der Waals surface area contributed by atoms with Gasteiger partial charge in [0.25, 0.3) is 0 Å². The van der Waals surface area contributed by atoms with Crippen molar-refractivity contribution in [2.45, 2.75) is 18.8 Å². The number of fused-ring (bicyclic) bond motifs is 1. The first-order valence-corrected chi connectivity index (χ1v) is 6.80. The smallest absolute Gasteiger partial charge is 0.161 e. The van der Waals surface area contributed by atoms with Crippen molar-refractivity contribution < 1.29 is 19.3 Å². The van der Waals surface area contributed by atoms with E-state index in [1.807, 2.05) is 18.2 Å². The molecule has 1 fully saturated rings. The molecule has 1 unspecified atom stereocenters. The average molecular weight is 264 g/mol. The quantitative estimate of drug-likeness (QED) is 0.900. The van der Waals surface area contributed by atoms with Crippen LogP contribution >= 0.6 is 0 Å². The van der Waals surface area contributed by atoms with Crippen LogP contribution in [0.3, 0.4) is 0 Å². The van der Waals surface area contributed by atoms with Crippen LogP contribution in [0.4, 0.5) is 0 Å². The molecule has 0 spiro atoms. The number of benzene rings is 1. The minimum atomic E-state index is -0.246. The highest BCUT2D eigenvalue weighted by atomic mass is 16.6. The minimum absolute atomic E-state index is 0.128. The Kier molecular flexibility index (Phi) is 3.37. The summed E-state index contributed by atoms with van der Waals surface area (Å²) in [5.74, 6) is 2.13. The second-order valence-electron chi connectivity index (χ2n) is 5.68. The third-order valence-corrected chi connectivity index (χ3v) is 4.03. The monoisotopic (exact) mass is 264 g/mol. The van der Waals surface area contributed by atoms with E-state index in [1.54, 1.807) is 0 Å². The molecule has 0 aliphatic carbocycles. The molecule has 2 aliphatic heterocycles. The molecule has 0 bridgehead atoms. The van der Waals surface area contributed by atoms with Crippen LogP contribution in [0.25, 0.3) is 0 Å². The lowest BCUT2D eigenvalue weighted by atomic mass is 9.75. The van der Waals surface area contributed by atoms with Crippen LogP contribution in [-0.2, 0) is 10.2 Å². The first-order valence-electron chi connectivity index (χ1n) is 6.80. The van der Waals surface area contributed by atoms with E-state index in [0.29, 0.717) is 19.1 Å². The molecule has 0 saturated carbocycles. The van der Waals surface area contributed by atoms with Crippen molar-refractivity contribution in [2.24, 2.45) is 5.92 Å². The fourth-order valence-electron chi connectivity index (χ4n) is 2.73. The highest BCUT2D eigenvalue weighted by Gasteiger charge is 2.33. The number of rotatable bonds is 4. The van der Waals surface area contributed by atoms with E-state index in [2.05, 4.69) is 6.92 Å². The lowest BCUT2D eigenvalue weighted by Crippen LogP contribution is -2.37. The van der Waals surface area contributed by atoms with Crippen LogP contribution in [0, 0.1) is 5.92 Å². The molecule has 4 heteroatoms. The molecule has 0 amide bonds. The normalized spacial score (nSPS) is 21.6. The second kappa shape index (κ2) is 5.02. The van der Waals surface area contributed by atoms with Crippen molar-refractivity contribution >= 4 is 0 Å². The molecule has 3 rings (SSSR count). The fraction of sp³-hybridized carbons (Fsp3) is 0.600. The maximum Gasteiger partial charge on any atom is 0.161 e. The van der Waals surface area contributed by atoms with E-state index in [0.717, 1.165) is 36.7 Å². The third kappa shape index (κ3) is 2.42. The zero-order chi connectivity index (χ0) is 13.3. The second-order valence-corrected chi connectivity index (χ2v) is 5.68. The number of ether oxygens (including phenoxy) is 3. The van der Waals surface area contributed by atoms with Gasteiger partial charge in [0.15, 0.2) is 11.5 Å². The minimum Gasteiger partial charge on any atom is -0.486 e. The highest BCUT2D eigenvalue weighted by Crippen LogP contribution is 2.38. The number of hydrogen-bond donors (Lipinski definition) is 1. The van der Waals surface area contributed by atoms with Crippen molar-refractivity contribution in [3.05, 3.63) is 23.8 Å². The molecule has 104 valence electrons. The molecule has 1 saturated heterocycles. The Bertz CT molecular complexity index is 455. The lowest BCUT2D eigenvalue weighted by Gasteiger charge is -2.36. The predicted molar refractivity (Wildman–Crippen MR) is 70.8 cm³/mol. The van der Waals surface area contributed by atoms with Gasteiger partial charge in [-0.2, -0.15) is 0 Å². The first-order chi connectivity index (χ1) is 9.21. The van der Waals surface area contributed by atoms with Gasteiger partial charge in [0, 0.05) is 11.3 Å². The van der Waals surface area contributed by atoms with Crippen LogP contribution in [0.15, 0.2) is 18.2 Å². The molecule has 1 N–H and O–H groups in total. The lowest BCUT2D eigenvalue weighted by molar-refractivity contribution is -0.0485. The molecule has 2 heterocycles. The molecular weight excluding hydrogens is 244 g/mol. The molecule has 0 aromatic heterocycles. The van der Waals surface area contributed by atoms with E-state index in [-0.39, 0.29) is 12.0 Å². The highest BCUT2D eigenvalue weighted by molar-refractivity contribution is 5.46. The van der Waals surface area contributed by atoms with Gasteiger partial charge in [0.2, 0.25) is 0 Å². The summed E-state index contributed by atoms with van der Waals surface area (Å²) in [6.45, 7) is 5.02. The molecule has 19 heavy (non-hydrogen) atoms. The van der Waals surface area contributed by atoms with Gasteiger partial charge in [0.05, 0.1) is 19.8 Å². The molecule has 2 aliphatic rings. The SMILES string of the molecule is CC(CO)(CC1COC1)c1ccc2c(c1)OCCO2. The number of aliphatic hydroxyl groups is 1. The van der Waals surface area contributed by atoms with E-state index >= 15 is 0 Å².